The highest BCUT2D eigenvalue weighted by Crippen LogP contribution is 2.53. The Kier molecular flexibility index (Phi) is 4.86. The third-order valence-corrected chi connectivity index (χ3v) is 6.29. The van der Waals surface area contributed by atoms with Gasteiger partial charge in [-0.1, -0.05) is 23.7 Å². The van der Waals surface area contributed by atoms with Crippen LogP contribution in [0.5, 0.6) is 0 Å². The minimum atomic E-state index is -1.34. The standard InChI is InChI=1S/C21H21ClFN3O3/c1-2-21(18(28)11-3-4-13(22)14(23)9-11)10-16(17(27)19(21)29)26-8-6-12-15(24)5-7-25-20(12)26/h2-9,16-19,27-29H,1,10H2,(H2,24,25)/t16-,17+,18?,19+,21-/m1/s1. The van der Waals surface area contributed by atoms with Gasteiger partial charge in [0, 0.05) is 28.9 Å². The smallest absolute Gasteiger partial charge is 0.142 e. The fourth-order valence-electron chi connectivity index (χ4n) is 4.32. The Hall–Kier alpha value is -2.45. The number of nitrogens with two attached hydrogens (primary N) is 1. The highest BCUT2D eigenvalue weighted by molar-refractivity contribution is 6.30. The molecule has 1 saturated carbocycles. The van der Waals surface area contributed by atoms with Crippen LogP contribution in [0.1, 0.15) is 24.1 Å². The first kappa shape index (κ1) is 19.8. The van der Waals surface area contributed by atoms with Gasteiger partial charge in [-0.25, -0.2) is 9.37 Å². The van der Waals surface area contributed by atoms with Gasteiger partial charge in [0.05, 0.1) is 23.3 Å². The van der Waals surface area contributed by atoms with E-state index in [1.165, 1.54) is 18.2 Å². The number of halogens is 2. The van der Waals surface area contributed by atoms with Crippen molar-refractivity contribution in [3.05, 3.63) is 71.8 Å². The van der Waals surface area contributed by atoms with Gasteiger partial charge in [0.25, 0.3) is 0 Å². The molecule has 0 saturated heterocycles. The molecule has 2 aromatic heterocycles. The van der Waals surface area contributed by atoms with Crippen LogP contribution < -0.4 is 5.73 Å². The number of hydrogen-bond donors (Lipinski definition) is 4. The molecule has 0 radical (unpaired) electrons. The van der Waals surface area contributed by atoms with E-state index in [9.17, 15) is 19.7 Å². The number of nitrogen functional groups attached to an aromatic ring is 1. The summed E-state index contributed by atoms with van der Waals surface area (Å²) in [5.41, 5.74) is 6.04. The molecule has 8 heteroatoms. The lowest BCUT2D eigenvalue weighted by Gasteiger charge is -2.35. The molecule has 0 spiro atoms. The zero-order valence-electron chi connectivity index (χ0n) is 15.4. The van der Waals surface area contributed by atoms with Gasteiger partial charge in [0.15, 0.2) is 0 Å². The van der Waals surface area contributed by atoms with Crippen molar-refractivity contribution in [3.63, 3.8) is 0 Å². The first-order chi connectivity index (χ1) is 13.8. The third kappa shape index (κ3) is 2.93. The topological polar surface area (TPSA) is 105 Å². The summed E-state index contributed by atoms with van der Waals surface area (Å²) in [6.45, 7) is 3.78. The van der Waals surface area contributed by atoms with Gasteiger partial charge >= 0.3 is 0 Å². The number of pyridine rings is 1. The molecule has 1 aromatic carbocycles. The second-order valence-corrected chi connectivity index (χ2v) is 7.87. The Morgan fingerprint density at radius 2 is 2.10 bits per heavy atom. The summed E-state index contributed by atoms with van der Waals surface area (Å²) in [6.07, 6.45) is 1.04. The molecule has 0 bridgehead atoms. The molecule has 152 valence electrons. The molecule has 2 heterocycles. The maximum atomic E-state index is 13.9. The van der Waals surface area contributed by atoms with Crippen molar-refractivity contribution in [2.45, 2.75) is 30.8 Å². The van der Waals surface area contributed by atoms with Crippen LogP contribution in [-0.2, 0) is 0 Å². The zero-order chi connectivity index (χ0) is 20.9. The molecular formula is C21H21ClFN3O3. The number of anilines is 1. The Balaban J connectivity index is 1.76. The fourth-order valence-corrected chi connectivity index (χ4v) is 4.44. The molecule has 29 heavy (non-hydrogen) atoms. The predicted molar refractivity (Wildman–Crippen MR) is 109 cm³/mol. The Bertz CT molecular complexity index is 1090. The average molecular weight is 418 g/mol. The van der Waals surface area contributed by atoms with Crippen LogP contribution in [0.2, 0.25) is 5.02 Å². The van der Waals surface area contributed by atoms with Crippen molar-refractivity contribution < 1.29 is 19.7 Å². The summed E-state index contributed by atoms with van der Waals surface area (Å²) in [5, 5.41) is 33.4. The molecule has 3 aromatic rings. The largest absolute Gasteiger partial charge is 0.398 e. The second kappa shape index (κ2) is 7.11. The molecule has 1 aliphatic rings. The van der Waals surface area contributed by atoms with E-state index in [-0.39, 0.29) is 17.0 Å². The quantitative estimate of drug-likeness (QED) is 0.488. The summed E-state index contributed by atoms with van der Waals surface area (Å²) >= 11 is 5.74. The van der Waals surface area contributed by atoms with Crippen molar-refractivity contribution >= 4 is 28.3 Å². The molecule has 4 rings (SSSR count). The summed E-state index contributed by atoms with van der Waals surface area (Å²) in [4.78, 5) is 4.34. The SMILES string of the molecule is C=C[C@]1(C(O)c2ccc(Cl)c(F)c2)C[C@@H](n2ccc3c(N)ccnc32)[C@H](O)[C@@H]1O. The van der Waals surface area contributed by atoms with Crippen LogP contribution in [0.15, 0.2) is 55.4 Å². The molecule has 5 atom stereocenters. The summed E-state index contributed by atoms with van der Waals surface area (Å²) in [6, 6.07) is 6.82. The number of aromatic nitrogens is 2. The number of fused-ring (bicyclic) bond motifs is 1. The van der Waals surface area contributed by atoms with E-state index in [4.69, 9.17) is 17.3 Å². The van der Waals surface area contributed by atoms with Gasteiger partial charge in [-0.3, -0.25) is 0 Å². The second-order valence-electron chi connectivity index (χ2n) is 7.46. The van der Waals surface area contributed by atoms with E-state index in [1.807, 2.05) is 0 Å². The minimum Gasteiger partial charge on any atom is -0.398 e. The highest BCUT2D eigenvalue weighted by Gasteiger charge is 2.56. The van der Waals surface area contributed by atoms with E-state index in [0.29, 0.717) is 11.3 Å². The number of aliphatic hydroxyl groups is 3. The summed E-state index contributed by atoms with van der Waals surface area (Å²) in [5.74, 6) is -0.678. The number of aliphatic hydroxyl groups excluding tert-OH is 3. The van der Waals surface area contributed by atoms with Crippen LogP contribution in [0, 0.1) is 11.2 Å². The first-order valence-corrected chi connectivity index (χ1v) is 9.51. The van der Waals surface area contributed by atoms with Gasteiger partial charge in [-0.2, -0.15) is 0 Å². The van der Waals surface area contributed by atoms with E-state index < -0.39 is 35.6 Å². The van der Waals surface area contributed by atoms with Gasteiger partial charge in [-0.05, 0) is 36.2 Å². The van der Waals surface area contributed by atoms with Crippen molar-refractivity contribution in [2.75, 3.05) is 5.73 Å². The van der Waals surface area contributed by atoms with Crippen LogP contribution in [-0.4, -0.2) is 37.1 Å². The van der Waals surface area contributed by atoms with Gasteiger partial charge in [-0.15, -0.1) is 6.58 Å². The normalized spacial score (nSPS) is 28.0. The Morgan fingerprint density at radius 1 is 1.34 bits per heavy atom. The van der Waals surface area contributed by atoms with Crippen molar-refractivity contribution in [2.24, 2.45) is 5.41 Å². The van der Waals surface area contributed by atoms with Crippen LogP contribution in [0.25, 0.3) is 11.0 Å². The average Bonchev–Trinajstić information content (AvgIpc) is 3.25. The number of benzene rings is 1. The Morgan fingerprint density at radius 3 is 2.79 bits per heavy atom. The van der Waals surface area contributed by atoms with E-state index in [0.717, 1.165) is 11.5 Å². The third-order valence-electron chi connectivity index (χ3n) is 5.99. The fraction of sp³-hybridized carbons (Fsp3) is 0.286. The number of nitrogens with zero attached hydrogens (tertiary/aromatic N) is 2. The molecule has 6 nitrogen and oxygen atoms in total. The van der Waals surface area contributed by atoms with E-state index in [1.54, 1.807) is 29.1 Å². The van der Waals surface area contributed by atoms with E-state index >= 15 is 0 Å². The monoisotopic (exact) mass is 417 g/mol. The van der Waals surface area contributed by atoms with Crippen molar-refractivity contribution in [1.82, 2.24) is 9.55 Å². The molecule has 0 aliphatic heterocycles. The molecular weight excluding hydrogens is 397 g/mol. The predicted octanol–water partition coefficient (Wildman–Crippen LogP) is 2.98. The maximum Gasteiger partial charge on any atom is 0.142 e. The molecule has 1 fully saturated rings. The van der Waals surface area contributed by atoms with Gasteiger partial charge in [0.1, 0.15) is 17.6 Å². The first-order valence-electron chi connectivity index (χ1n) is 9.14. The lowest BCUT2D eigenvalue weighted by Crippen LogP contribution is -2.39. The molecule has 0 amide bonds. The Labute approximate surface area is 171 Å². The number of rotatable bonds is 4. The summed E-state index contributed by atoms with van der Waals surface area (Å²) < 4.78 is 15.7. The molecule has 1 unspecified atom stereocenters. The van der Waals surface area contributed by atoms with Gasteiger partial charge < -0.3 is 25.6 Å². The van der Waals surface area contributed by atoms with Crippen molar-refractivity contribution in [3.8, 4) is 0 Å². The molecule has 5 N–H and O–H groups in total. The van der Waals surface area contributed by atoms with Crippen LogP contribution in [0.3, 0.4) is 0 Å². The summed E-state index contributed by atoms with van der Waals surface area (Å²) in [7, 11) is 0. The van der Waals surface area contributed by atoms with E-state index in [2.05, 4.69) is 11.6 Å². The van der Waals surface area contributed by atoms with Gasteiger partial charge in [0.2, 0.25) is 0 Å². The van der Waals surface area contributed by atoms with Crippen molar-refractivity contribution in [1.29, 1.82) is 0 Å². The zero-order valence-corrected chi connectivity index (χ0v) is 16.2. The van der Waals surface area contributed by atoms with Crippen LogP contribution >= 0.6 is 11.6 Å². The highest BCUT2D eigenvalue weighted by atomic mass is 35.5. The number of hydrogen-bond acceptors (Lipinski definition) is 5. The van der Waals surface area contributed by atoms with Crippen LogP contribution in [0.4, 0.5) is 10.1 Å². The lowest BCUT2D eigenvalue weighted by atomic mass is 9.75. The minimum absolute atomic E-state index is 0.0686. The maximum absolute atomic E-state index is 13.9. The lowest BCUT2D eigenvalue weighted by molar-refractivity contribution is -0.0612. The molecule has 1 aliphatic carbocycles.